The van der Waals surface area contributed by atoms with Gasteiger partial charge in [0.2, 0.25) is 0 Å². The average molecular weight is 173 g/mol. The second-order valence-corrected chi connectivity index (χ2v) is 2.91. The highest BCUT2D eigenvalue weighted by Gasteiger charge is 2.03. The molecule has 0 radical (unpaired) electrons. The van der Waals surface area contributed by atoms with Crippen LogP contribution >= 0.6 is 0 Å². The van der Waals surface area contributed by atoms with E-state index in [0.29, 0.717) is 0 Å². The largest absolute Gasteiger partial charge is 0.294 e. The number of fused-ring (bicyclic) bond motifs is 1. The lowest BCUT2D eigenvalue weighted by atomic mass is 10.2. The van der Waals surface area contributed by atoms with Gasteiger partial charge in [0, 0.05) is 25.7 Å². The first-order valence-corrected chi connectivity index (χ1v) is 4.17. The van der Waals surface area contributed by atoms with Crippen molar-refractivity contribution in [2.75, 3.05) is 7.05 Å². The van der Waals surface area contributed by atoms with E-state index in [9.17, 15) is 0 Å². The molecule has 0 saturated carbocycles. The van der Waals surface area contributed by atoms with Crippen LogP contribution in [0.1, 0.15) is 5.69 Å². The first-order chi connectivity index (χ1) is 6.33. The Bertz CT molecular complexity index is 454. The Morgan fingerprint density at radius 3 is 2.92 bits per heavy atom. The minimum atomic E-state index is 0.931. The van der Waals surface area contributed by atoms with E-state index in [2.05, 4.69) is 22.2 Å². The third-order valence-electron chi connectivity index (χ3n) is 2.04. The molecule has 1 aromatic heterocycles. The van der Waals surface area contributed by atoms with E-state index >= 15 is 0 Å². The molecule has 0 amide bonds. The van der Waals surface area contributed by atoms with Crippen molar-refractivity contribution in [2.45, 2.75) is 0 Å². The maximum absolute atomic E-state index is 4.35. The maximum atomic E-state index is 4.35. The Labute approximate surface area is 76.7 Å². The van der Waals surface area contributed by atoms with Crippen LogP contribution in [0.2, 0.25) is 0 Å². The first-order valence-electron chi connectivity index (χ1n) is 4.17. The molecule has 3 heteroatoms. The summed E-state index contributed by atoms with van der Waals surface area (Å²) in [6, 6.07) is 8.13. The molecule has 0 N–H and O–H groups in total. The molecule has 0 aliphatic carbocycles. The summed E-state index contributed by atoms with van der Waals surface area (Å²) in [5.74, 6) is 0. The quantitative estimate of drug-likeness (QED) is 0.603. The summed E-state index contributed by atoms with van der Waals surface area (Å²) in [4.78, 5) is 3.97. The van der Waals surface area contributed by atoms with E-state index < -0.39 is 0 Å². The highest BCUT2D eigenvalue weighted by Crippen LogP contribution is 2.15. The van der Waals surface area contributed by atoms with Gasteiger partial charge in [-0.05, 0) is 6.07 Å². The van der Waals surface area contributed by atoms with Crippen LogP contribution in [-0.4, -0.2) is 23.0 Å². The van der Waals surface area contributed by atoms with Crippen molar-refractivity contribution in [2.24, 2.45) is 12.0 Å². The van der Waals surface area contributed by atoms with E-state index in [4.69, 9.17) is 0 Å². The predicted octanol–water partition coefficient (Wildman–Crippen LogP) is 1.62. The van der Waals surface area contributed by atoms with Gasteiger partial charge in [0.05, 0.1) is 5.52 Å². The molecular formula is C10H11N3. The Hall–Kier alpha value is -1.64. The van der Waals surface area contributed by atoms with E-state index in [1.54, 1.807) is 13.3 Å². The van der Waals surface area contributed by atoms with Gasteiger partial charge in [0.15, 0.2) is 0 Å². The van der Waals surface area contributed by atoms with Crippen molar-refractivity contribution < 1.29 is 0 Å². The summed E-state index contributed by atoms with van der Waals surface area (Å²) in [7, 11) is 3.69. The lowest BCUT2D eigenvalue weighted by Crippen LogP contribution is -1.90. The monoisotopic (exact) mass is 173 g/mol. The zero-order valence-corrected chi connectivity index (χ0v) is 7.73. The summed E-state index contributed by atoms with van der Waals surface area (Å²) in [5.41, 5.74) is 2.07. The molecule has 0 bridgehead atoms. The lowest BCUT2D eigenvalue weighted by molar-refractivity contribution is 0.794. The molecule has 0 spiro atoms. The highest BCUT2D eigenvalue weighted by molar-refractivity contribution is 5.96. The zero-order chi connectivity index (χ0) is 9.26. The number of hydrogen-bond acceptors (Lipinski definition) is 2. The molecule has 66 valence electrons. The number of rotatable bonds is 1. The average Bonchev–Trinajstić information content (AvgIpc) is 2.46. The van der Waals surface area contributed by atoms with Gasteiger partial charge >= 0.3 is 0 Å². The summed E-state index contributed by atoms with van der Waals surface area (Å²) >= 11 is 0. The molecule has 1 aromatic carbocycles. The zero-order valence-electron chi connectivity index (χ0n) is 7.73. The molecule has 0 atom stereocenters. The Kier molecular flexibility index (Phi) is 1.85. The fourth-order valence-corrected chi connectivity index (χ4v) is 1.46. The molecule has 3 nitrogen and oxygen atoms in total. The lowest BCUT2D eigenvalue weighted by Gasteiger charge is -1.90. The van der Waals surface area contributed by atoms with Crippen LogP contribution in [0.4, 0.5) is 0 Å². The molecule has 2 rings (SSSR count). The number of benzene rings is 1. The van der Waals surface area contributed by atoms with Gasteiger partial charge in [-0.25, -0.2) is 0 Å². The molecule has 0 aliphatic heterocycles. The second-order valence-electron chi connectivity index (χ2n) is 2.91. The van der Waals surface area contributed by atoms with Gasteiger partial charge in [0.25, 0.3) is 0 Å². The SMILES string of the molecule is CN=Cc1nn(C)c2ccccc12. The molecule has 0 aliphatic rings. The van der Waals surface area contributed by atoms with Gasteiger partial charge in [0.1, 0.15) is 5.69 Å². The Morgan fingerprint density at radius 2 is 2.15 bits per heavy atom. The number of aryl methyl sites for hydroxylation is 1. The van der Waals surface area contributed by atoms with Crippen LogP contribution in [0.25, 0.3) is 10.9 Å². The molecule has 2 aromatic rings. The predicted molar refractivity (Wildman–Crippen MR) is 54.2 cm³/mol. The smallest absolute Gasteiger partial charge is 0.111 e. The number of para-hydroxylation sites is 1. The van der Waals surface area contributed by atoms with Gasteiger partial charge < -0.3 is 0 Å². The van der Waals surface area contributed by atoms with Crippen molar-refractivity contribution in [3.05, 3.63) is 30.0 Å². The van der Waals surface area contributed by atoms with Crippen molar-refractivity contribution in [1.82, 2.24) is 9.78 Å². The molecule has 0 fully saturated rings. The van der Waals surface area contributed by atoms with Crippen molar-refractivity contribution in [3.8, 4) is 0 Å². The summed E-state index contributed by atoms with van der Waals surface area (Å²) in [6.07, 6.45) is 1.78. The Morgan fingerprint density at radius 1 is 1.38 bits per heavy atom. The first kappa shape index (κ1) is 7.98. The minimum Gasteiger partial charge on any atom is -0.294 e. The normalized spacial score (nSPS) is 11.5. The van der Waals surface area contributed by atoms with E-state index in [0.717, 1.165) is 16.6 Å². The van der Waals surface area contributed by atoms with Crippen molar-refractivity contribution in [1.29, 1.82) is 0 Å². The number of nitrogens with zero attached hydrogens (tertiary/aromatic N) is 3. The second kappa shape index (κ2) is 3.01. The standard InChI is InChI=1S/C10H11N3/c1-11-7-9-8-5-3-4-6-10(8)13(2)12-9/h3-7H,1-2H3. The molecular weight excluding hydrogens is 162 g/mol. The van der Waals surface area contributed by atoms with Gasteiger partial charge in [-0.1, -0.05) is 18.2 Å². The van der Waals surface area contributed by atoms with Crippen LogP contribution in [0.3, 0.4) is 0 Å². The fourth-order valence-electron chi connectivity index (χ4n) is 1.46. The molecule has 13 heavy (non-hydrogen) atoms. The molecule has 0 saturated heterocycles. The van der Waals surface area contributed by atoms with Crippen molar-refractivity contribution in [3.63, 3.8) is 0 Å². The van der Waals surface area contributed by atoms with Gasteiger partial charge in [-0.15, -0.1) is 0 Å². The minimum absolute atomic E-state index is 0.931. The summed E-state index contributed by atoms with van der Waals surface area (Å²) in [6.45, 7) is 0. The van der Waals surface area contributed by atoms with Crippen LogP contribution in [0.5, 0.6) is 0 Å². The summed E-state index contributed by atoms with van der Waals surface area (Å²) < 4.78 is 1.87. The fraction of sp³-hybridized carbons (Fsp3) is 0.200. The topological polar surface area (TPSA) is 30.2 Å². The molecule has 0 unspecified atom stereocenters. The number of aliphatic imine (C=N–C) groups is 1. The highest BCUT2D eigenvalue weighted by atomic mass is 15.3. The maximum Gasteiger partial charge on any atom is 0.111 e. The van der Waals surface area contributed by atoms with Crippen LogP contribution in [0, 0.1) is 0 Å². The van der Waals surface area contributed by atoms with Crippen LogP contribution in [0.15, 0.2) is 29.3 Å². The van der Waals surface area contributed by atoms with Crippen molar-refractivity contribution >= 4 is 17.1 Å². The third kappa shape index (κ3) is 1.22. The van der Waals surface area contributed by atoms with Gasteiger partial charge in [-0.3, -0.25) is 9.67 Å². The van der Waals surface area contributed by atoms with Crippen LogP contribution in [-0.2, 0) is 7.05 Å². The van der Waals surface area contributed by atoms with Gasteiger partial charge in [-0.2, -0.15) is 5.10 Å². The number of hydrogen-bond donors (Lipinski definition) is 0. The Balaban J connectivity index is 2.77. The molecule has 1 heterocycles. The summed E-state index contributed by atoms with van der Waals surface area (Å²) in [5, 5.41) is 5.50. The third-order valence-corrected chi connectivity index (χ3v) is 2.04. The van der Waals surface area contributed by atoms with E-state index in [1.807, 2.05) is 23.9 Å². The number of aromatic nitrogens is 2. The van der Waals surface area contributed by atoms with E-state index in [-0.39, 0.29) is 0 Å². The van der Waals surface area contributed by atoms with E-state index in [1.165, 1.54) is 0 Å². The van der Waals surface area contributed by atoms with Crippen LogP contribution < -0.4 is 0 Å².